The molecule has 2 rings (SSSR count). The van der Waals surface area contributed by atoms with Crippen molar-refractivity contribution >= 4 is 47.4 Å². The Morgan fingerprint density at radius 2 is 1.76 bits per heavy atom. The lowest BCUT2D eigenvalue weighted by Crippen LogP contribution is -2.63. The standard InChI is InChI=1S/C25H44N14O7/c1-11-19(41)36-15(9-32-17(40)7-12(27)3-2-5-26)21(43)37-16(10-34-25(30)46)22(44)39-18(14-4-6-31-24(29)38-14)23(45)33-8-13(28)20(42)35-11/h10-15,18H,2-9,26-28H2,1H3,(H,32,40)(H,33,45)(H,35,42)(H,36,41)(H,37,43)(H,39,44)(H3,29,31,38)(H3,30,34,46)/b16-10-/t11-,12+,13-,14-,15-,18-/m0/s1. The number of nitrogens with one attached hydrogen (secondary N) is 8. The van der Waals surface area contributed by atoms with E-state index in [0.29, 0.717) is 19.4 Å². The molecule has 256 valence electrons. The third-order valence-electron chi connectivity index (χ3n) is 6.84. The van der Waals surface area contributed by atoms with E-state index in [-0.39, 0.29) is 31.9 Å². The Bertz CT molecular complexity index is 1230. The second-order valence-electron chi connectivity index (χ2n) is 10.7. The highest BCUT2D eigenvalue weighted by Crippen LogP contribution is 2.07. The van der Waals surface area contributed by atoms with Gasteiger partial charge in [-0.05, 0) is 32.7 Å². The number of rotatable bonds is 9. The van der Waals surface area contributed by atoms with Gasteiger partial charge in [-0.15, -0.1) is 0 Å². The molecule has 1 saturated heterocycles. The third kappa shape index (κ3) is 12.2. The van der Waals surface area contributed by atoms with E-state index in [1.54, 1.807) is 0 Å². The molecule has 21 nitrogen and oxygen atoms in total. The highest BCUT2D eigenvalue weighted by Gasteiger charge is 2.34. The molecule has 0 aliphatic carbocycles. The topological polar surface area (TPSA) is 358 Å². The number of nitrogens with zero attached hydrogens (tertiary/aromatic N) is 1. The average molecular weight is 653 g/mol. The van der Waals surface area contributed by atoms with Crippen molar-refractivity contribution in [2.75, 3.05) is 26.2 Å². The Labute approximate surface area is 264 Å². The Balaban J connectivity index is 2.42. The van der Waals surface area contributed by atoms with E-state index in [9.17, 15) is 33.6 Å². The third-order valence-corrected chi connectivity index (χ3v) is 6.84. The second kappa shape index (κ2) is 18.1. The van der Waals surface area contributed by atoms with E-state index in [2.05, 4.69) is 47.5 Å². The lowest BCUT2D eigenvalue weighted by atomic mass is 10.0. The van der Waals surface area contributed by atoms with Gasteiger partial charge < -0.3 is 71.2 Å². The minimum absolute atomic E-state index is 0.0101. The minimum Gasteiger partial charge on any atom is -0.370 e. The van der Waals surface area contributed by atoms with Gasteiger partial charge in [0.1, 0.15) is 29.9 Å². The van der Waals surface area contributed by atoms with Crippen LogP contribution in [0.4, 0.5) is 4.79 Å². The van der Waals surface area contributed by atoms with Crippen LogP contribution in [0, 0.1) is 0 Å². The summed E-state index contributed by atoms with van der Waals surface area (Å²) in [6.07, 6.45) is 2.01. The molecule has 0 aromatic heterocycles. The fourth-order valence-electron chi connectivity index (χ4n) is 4.28. The molecule has 0 bridgehead atoms. The van der Waals surface area contributed by atoms with E-state index in [0.717, 1.165) is 6.20 Å². The van der Waals surface area contributed by atoms with Crippen LogP contribution in [0.3, 0.4) is 0 Å². The lowest BCUT2D eigenvalue weighted by molar-refractivity contribution is -0.133. The maximum absolute atomic E-state index is 13.4. The lowest BCUT2D eigenvalue weighted by Gasteiger charge is -2.31. The molecule has 0 saturated carbocycles. The molecule has 1 fully saturated rings. The first-order valence-corrected chi connectivity index (χ1v) is 14.5. The fourth-order valence-corrected chi connectivity index (χ4v) is 4.28. The van der Waals surface area contributed by atoms with Crippen LogP contribution in [0.25, 0.3) is 0 Å². The van der Waals surface area contributed by atoms with Crippen LogP contribution in [-0.2, 0) is 28.8 Å². The van der Waals surface area contributed by atoms with Gasteiger partial charge >= 0.3 is 6.03 Å². The summed E-state index contributed by atoms with van der Waals surface area (Å²) in [4.78, 5) is 93.7. The zero-order valence-electron chi connectivity index (χ0n) is 25.4. The van der Waals surface area contributed by atoms with Crippen molar-refractivity contribution in [2.24, 2.45) is 33.7 Å². The Morgan fingerprint density at radius 3 is 2.41 bits per heavy atom. The summed E-state index contributed by atoms with van der Waals surface area (Å²) in [6, 6.07) is -7.79. The number of aliphatic imine (C=N–C) groups is 1. The van der Waals surface area contributed by atoms with Crippen LogP contribution in [0.15, 0.2) is 16.9 Å². The second-order valence-corrected chi connectivity index (χ2v) is 10.7. The van der Waals surface area contributed by atoms with E-state index < -0.39 is 90.0 Å². The molecular weight excluding hydrogens is 608 g/mol. The molecule has 0 radical (unpaired) electrons. The fraction of sp³-hybridized carbons (Fsp3) is 0.600. The van der Waals surface area contributed by atoms with Crippen LogP contribution in [0.5, 0.6) is 0 Å². The van der Waals surface area contributed by atoms with Gasteiger partial charge in [0, 0.05) is 38.3 Å². The Hall–Kier alpha value is -5.02. The van der Waals surface area contributed by atoms with Gasteiger partial charge in [-0.2, -0.15) is 0 Å². The zero-order valence-corrected chi connectivity index (χ0v) is 25.4. The number of nitrogens with two attached hydrogens (primary N) is 5. The number of carbonyl (C=O) groups is 7. The van der Waals surface area contributed by atoms with Crippen LogP contribution in [0.1, 0.15) is 32.6 Å². The van der Waals surface area contributed by atoms with Gasteiger partial charge in [-0.3, -0.25) is 33.8 Å². The molecule has 2 aliphatic heterocycles. The molecule has 6 atom stereocenters. The van der Waals surface area contributed by atoms with Gasteiger partial charge in [0.05, 0.1) is 6.04 Å². The van der Waals surface area contributed by atoms with Gasteiger partial charge in [0.15, 0.2) is 5.96 Å². The van der Waals surface area contributed by atoms with E-state index >= 15 is 0 Å². The maximum Gasteiger partial charge on any atom is 0.316 e. The van der Waals surface area contributed by atoms with Crippen molar-refractivity contribution in [1.29, 1.82) is 0 Å². The predicted octanol–water partition coefficient (Wildman–Crippen LogP) is -7.21. The van der Waals surface area contributed by atoms with E-state index in [4.69, 9.17) is 28.7 Å². The van der Waals surface area contributed by atoms with Crippen LogP contribution in [-0.4, -0.2) is 110 Å². The molecule has 0 aromatic carbocycles. The number of hydrogen-bond donors (Lipinski definition) is 13. The largest absolute Gasteiger partial charge is 0.370 e. The summed E-state index contributed by atoms with van der Waals surface area (Å²) in [6.45, 7) is 1.08. The minimum atomic E-state index is -1.52. The summed E-state index contributed by atoms with van der Waals surface area (Å²) >= 11 is 0. The van der Waals surface area contributed by atoms with Crippen molar-refractivity contribution in [3.8, 4) is 0 Å². The van der Waals surface area contributed by atoms with Crippen molar-refractivity contribution in [3.63, 3.8) is 0 Å². The molecule has 0 unspecified atom stereocenters. The van der Waals surface area contributed by atoms with Crippen LogP contribution in [0.2, 0.25) is 0 Å². The zero-order chi connectivity index (χ0) is 34.4. The summed E-state index contributed by atoms with van der Waals surface area (Å²) in [5.74, 6) is -5.04. The molecule has 46 heavy (non-hydrogen) atoms. The van der Waals surface area contributed by atoms with Crippen molar-refractivity contribution in [2.45, 2.75) is 68.9 Å². The number of primary amides is 1. The molecule has 18 N–H and O–H groups in total. The highest BCUT2D eigenvalue weighted by atomic mass is 16.2. The maximum atomic E-state index is 13.4. The number of guanidine groups is 1. The molecule has 8 amide bonds. The van der Waals surface area contributed by atoms with Crippen molar-refractivity contribution in [1.82, 2.24) is 42.5 Å². The SMILES string of the molecule is C[C@@H]1NC(=O)[C@@H](N)CNC(=O)[C@H]([C@@H]2CCN=C(N)N2)NC(=O)/C(=C/NC(N)=O)NC(=O)[C@H](CNC(=O)C[C@H](N)CCCN)NC1=O. The van der Waals surface area contributed by atoms with Crippen molar-refractivity contribution in [3.05, 3.63) is 11.9 Å². The molecule has 2 aliphatic rings. The Kier molecular flexibility index (Phi) is 14.6. The van der Waals surface area contributed by atoms with E-state index in [1.807, 2.05) is 0 Å². The van der Waals surface area contributed by atoms with E-state index in [1.165, 1.54) is 6.92 Å². The van der Waals surface area contributed by atoms with Gasteiger partial charge in [-0.25, -0.2) is 4.79 Å². The summed E-state index contributed by atoms with van der Waals surface area (Å²) in [7, 11) is 0. The van der Waals surface area contributed by atoms with Crippen LogP contribution < -0.4 is 71.2 Å². The van der Waals surface area contributed by atoms with Crippen molar-refractivity contribution < 1.29 is 33.6 Å². The number of urea groups is 1. The van der Waals surface area contributed by atoms with Crippen LogP contribution >= 0.6 is 0 Å². The summed E-state index contributed by atoms with van der Waals surface area (Å²) in [5, 5.41) is 19.4. The highest BCUT2D eigenvalue weighted by molar-refractivity contribution is 6.02. The average Bonchev–Trinajstić information content (AvgIpc) is 3.00. The monoisotopic (exact) mass is 652 g/mol. The molecule has 0 spiro atoms. The first-order chi connectivity index (χ1) is 21.7. The summed E-state index contributed by atoms with van der Waals surface area (Å²) in [5.41, 5.74) is 27.7. The normalized spacial score (nSPS) is 26.6. The number of carbonyl (C=O) groups excluding carboxylic acids is 7. The smallest absolute Gasteiger partial charge is 0.316 e. The molecule has 21 heteroatoms. The Morgan fingerprint density at radius 1 is 1.04 bits per heavy atom. The quantitative estimate of drug-likeness (QED) is 0.103. The summed E-state index contributed by atoms with van der Waals surface area (Å²) < 4.78 is 0. The molecular formula is C25H44N14O7. The molecule has 0 aromatic rings. The number of amides is 8. The van der Waals surface area contributed by atoms with Gasteiger partial charge in [0.2, 0.25) is 29.5 Å². The predicted molar refractivity (Wildman–Crippen MR) is 163 cm³/mol. The van der Waals surface area contributed by atoms with Gasteiger partial charge in [0.25, 0.3) is 5.91 Å². The molecule has 2 heterocycles. The number of hydrogen-bond acceptors (Lipinski definition) is 13. The van der Waals surface area contributed by atoms with Gasteiger partial charge in [-0.1, -0.05) is 0 Å². The first-order valence-electron chi connectivity index (χ1n) is 14.5. The first kappa shape index (κ1) is 37.2.